The first-order chi connectivity index (χ1) is 3.84. The molecule has 0 saturated carbocycles. The summed E-state index contributed by atoms with van der Waals surface area (Å²) in [7, 11) is 0. The molecule has 1 fully saturated rings. The fraction of sp³-hybridized carbons (Fsp3) is 0.500. The van der Waals surface area contributed by atoms with E-state index in [4.69, 9.17) is 9.84 Å². The molecule has 1 aliphatic rings. The van der Waals surface area contributed by atoms with Crippen LogP contribution in [0.15, 0.2) is 12.7 Å². The van der Waals surface area contributed by atoms with Crippen LogP contribution in [0.1, 0.15) is 0 Å². The number of rotatable bonds is 2. The van der Waals surface area contributed by atoms with Gasteiger partial charge in [-0.25, -0.2) is 0 Å². The van der Waals surface area contributed by atoms with E-state index in [2.05, 4.69) is 6.58 Å². The van der Waals surface area contributed by atoms with E-state index < -0.39 is 6.10 Å². The summed E-state index contributed by atoms with van der Waals surface area (Å²) in [4.78, 5) is 0. The van der Waals surface area contributed by atoms with Gasteiger partial charge in [0.05, 0.1) is 25.2 Å². The van der Waals surface area contributed by atoms with Crippen molar-refractivity contribution in [1.82, 2.24) is 0 Å². The molecule has 2 heteroatoms. The Morgan fingerprint density at radius 2 is 2.38 bits per heavy atom. The Balaban J connectivity index is 2.22. The molecular formula is C6H9O2. The summed E-state index contributed by atoms with van der Waals surface area (Å²) in [5.41, 5.74) is 0. The van der Waals surface area contributed by atoms with Crippen LogP contribution in [0.4, 0.5) is 0 Å². The van der Waals surface area contributed by atoms with Crippen molar-refractivity contribution >= 4 is 0 Å². The number of aliphatic hydroxyl groups excluding tert-OH is 1. The second-order valence-electron chi connectivity index (χ2n) is 1.83. The molecule has 0 spiro atoms. The van der Waals surface area contributed by atoms with Crippen LogP contribution in [0.5, 0.6) is 0 Å². The first kappa shape index (κ1) is 5.79. The van der Waals surface area contributed by atoms with Crippen molar-refractivity contribution < 1.29 is 9.84 Å². The van der Waals surface area contributed by atoms with Gasteiger partial charge in [0, 0.05) is 0 Å². The van der Waals surface area contributed by atoms with E-state index >= 15 is 0 Å². The molecular weight excluding hydrogens is 104 g/mol. The highest BCUT2D eigenvalue weighted by Gasteiger charge is 2.24. The molecule has 1 atom stereocenters. The summed E-state index contributed by atoms with van der Waals surface area (Å²) in [6.45, 7) is 4.65. The zero-order valence-corrected chi connectivity index (χ0v) is 4.63. The van der Waals surface area contributed by atoms with Gasteiger partial charge in [0.1, 0.15) is 0 Å². The summed E-state index contributed by atoms with van der Waals surface area (Å²) in [5.74, 6) is 1.03. The molecule has 0 amide bonds. The summed E-state index contributed by atoms with van der Waals surface area (Å²) in [5, 5.41) is 8.94. The standard InChI is InChI=1S/C6H9O2/c1-2-6(7)5-3-8-4-5/h2,6-7H,1,3-4H2. The predicted molar refractivity (Wildman–Crippen MR) is 30.3 cm³/mol. The number of hydrogen-bond donors (Lipinski definition) is 1. The highest BCUT2D eigenvalue weighted by atomic mass is 16.5. The Morgan fingerprint density at radius 3 is 2.50 bits per heavy atom. The minimum atomic E-state index is -0.441. The molecule has 1 N–H and O–H groups in total. The van der Waals surface area contributed by atoms with Crippen molar-refractivity contribution in [3.05, 3.63) is 18.6 Å². The smallest absolute Gasteiger partial charge is 0.0827 e. The lowest BCUT2D eigenvalue weighted by atomic mass is 10.0. The minimum absolute atomic E-state index is 0.441. The average molecular weight is 113 g/mol. The van der Waals surface area contributed by atoms with Gasteiger partial charge in [0.25, 0.3) is 0 Å². The molecule has 1 aliphatic heterocycles. The van der Waals surface area contributed by atoms with Crippen LogP contribution in [-0.2, 0) is 4.74 Å². The van der Waals surface area contributed by atoms with Gasteiger partial charge < -0.3 is 9.84 Å². The lowest BCUT2D eigenvalue weighted by Crippen LogP contribution is -2.34. The summed E-state index contributed by atoms with van der Waals surface area (Å²) < 4.78 is 4.81. The third-order valence-corrected chi connectivity index (χ3v) is 1.22. The topological polar surface area (TPSA) is 29.5 Å². The predicted octanol–water partition coefficient (Wildman–Crippen LogP) is 0.138. The molecule has 1 heterocycles. The largest absolute Gasteiger partial charge is 0.388 e. The molecule has 0 aliphatic carbocycles. The molecule has 0 aromatic rings. The quantitative estimate of drug-likeness (QED) is 0.516. The van der Waals surface area contributed by atoms with Gasteiger partial charge in [0.15, 0.2) is 0 Å². The van der Waals surface area contributed by atoms with Crippen molar-refractivity contribution in [3.8, 4) is 0 Å². The third kappa shape index (κ3) is 0.904. The minimum Gasteiger partial charge on any atom is -0.388 e. The molecule has 1 unspecified atom stereocenters. The van der Waals surface area contributed by atoms with E-state index in [9.17, 15) is 0 Å². The number of hydrogen-bond acceptors (Lipinski definition) is 2. The van der Waals surface area contributed by atoms with E-state index in [0.29, 0.717) is 13.2 Å². The zero-order valence-electron chi connectivity index (χ0n) is 4.63. The highest BCUT2D eigenvalue weighted by Crippen LogP contribution is 2.17. The highest BCUT2D eigenvalue weighted by molar-refractivity contribution is 5.09. The van der Waals surface area contributed by atoms with E-state index in [1.165, 1.54) is 6.08 Å². The van der Waals surface area contributed by atoms with Crippen LogP contribution in [-0.4, -0.2) is 24.4 Å². The van der Waals surface area contributed by atoms with Crippen molar-refractivity contribution in [3.63, 3.8) is 0 Å². The van der Waals surface area contributed by atoms with Gasteiger partial charge in [0.2, 0.25) is 0 Å². The van der Waals surface area contributed by atoms with Crippen LogP contribution in [0.25, 0.3) is 0 Å². The first-order valence-corrected chi connectivity index (χ1v) is 2.57. The Hall–Kier alpha value is -0.340. The van der Waals surface area contributed by atoms with Crippen molar-refractivity contribution in [2.45, 2.75) is 6.10 Å². The lowest BCUT2D eigenvalue weighted by molar-refractivity contribution is 0.0236. The van der Waals surface area contributed by atoms with Crippen LogP contribution in [0, 0.1) is 5.92 Å². The normalized spacial score (nSPS) is 24.1. The fourth-order valence-corrected chi connectivity index (χ4v) is 0.557. The van der Waals surface area contributed by atoms with E-state index in [1.54, 1.807) is 0 Å². The van der Waals surface area contributed by atoms with Gasteiger partial charge >= 0.3 is 0 Å². The van der Waals surface area contributed by atoms with E-state index in [-0.39, 0.29) is 0 Å². The van der Waals surface area contributed by atoms with Gasteiger partial charge in [-0.2, -0.15) is 0 Å². The monoisotopic (exact) mass is 113 g/mol. The Bertz CT molecular complexity index is 86.5. The van der Waals surface area contributed by atoms with Crippen LogP contribution < -0.4 is 0 Å². The summed E-state index contributed by atoms with van der Waals surface area (Å²) in [6, 6.07) is 0. The first-order valence-electron chi connectivity index (χ1n) is 2.57. The Labute approximate surface area is 48.8 Å². The van der Waals surface area contributed by atoms with Crippen molar-refractivity contribution in [2.75, 3.05) is 13.2 Å². The number of ether oxygens (including phenoxy) is 1. The zero-order chi connectivity index (χ0) is 5.98. The second-order valence-corrected chi connectivity index (χ2v) is 1.83. The second kappa shape index (κ2) is 2.29. The molecule has 1 saturated heterocycles. The van der Waals surface area contributed by atoms with Crippen LogP contribution in [0.2, 0.25) is 0 Å². The van der Waals surface area contributed by atoms with Crippen LogP contribution >= 0.6 is 0 Å². The van der Waals surface area contributed by atoms with Crippen molar-refractivity contribution in [2.24, 2.45) is 0 Å². The maximum atomic E-state index is 8.94. The van der Waals surface area contributed by atoms with Gasteiger partial charge in [-0.15, -0.1) is 6.58 Å². The third-order valence-electron chi connectivity index (χ3n) is 1.22. The molecule has 8 heavy (non-hydrogen) atoms. The average Bonchev–Trinajstić information content (AvgIpc) is 1.62. The van der Waals surface area contributed by atoms with Crippen molar-refractivity contribution in [1.29, 1.82) is 0 Å². The Morgan fingerprint density at radius 1 is 1.75 bits per heavy atom. The molecule has 2 nitrogen and oxygen atoms in total. The molecule has 0 bridgehead atoms. The molecule has 1 rings (SSSR count). The molecule has 45 valence electrons. The lowest BCUT2D eigenvalue weighted by Gasteiger charge is -2.27. The van der Waals surface area contributed by atoms with Crippen LogP contribution in [0.3, 0.4) is 0 Å². The van der Waals surface area contributed by atoms with Gasteiger partial charge in [-0.3, -0.25) is 0 Å². The maximum absolute atomic E-state index is 8.94. The summed E-state index contributed by atoms with van der Waals surface area (Å²) >= 11 is 0. The fourth-order valence-electron chi connectivity index (χ4n) is 0.557. The number of aliphatic hydroxyl groups is 1. The summed E-state index contributed by atoms with van der Waals surface area (Å²) in [6.07, 6.45) is 1.07. The van der Waals surface area contributed by atoms with Gasteiger partial charge in [-0.1, -0.05) is 6.08 Å². The maximum Gasteiger partial charge on any atom is 0.0827 e. The van der Waals surface area contributed by atoms with E-state index in [0.717, 1.165) is 5.92 Å². The van der Waals surface area contributed by atoms with E-state index in [1.807, 2.05) is 0 Å². The molecule has 0 aromatic carbocycles. The molecule has 1 radical (unpaired) electrons. The van der Waals surface area contributed by atoms with Gasteiger partial charge in [-0.05, 0) is 0 Å². The molecule has 0 aromatic heterocycles. The Kier molecular flexibility index (Phi) is 1.65. The SMILES string of the molecule is C=CC(O)[C]1COC1.